The van der Waals surface area contributed by atoms with Crippen LogP contribution in [0, 0.1) is 45.7 Å². The zero-order valence-corrected chi connectivity index (χ0v) is 26.1. The minimum atomic E-state index is -0.0544. The molecular formula is C20H28N4O2WY2-2. The van der Waals surface area contributed by atoms with Gasteiger partial charge in [-0.3, -0.25) is 29.5 Å². The summed E-state index contributed by atoms with van der Waals surface area (Å²) in [5.41, 5.74) is 2.88. The van der Waals surface area contributed by atoms with Gasteiger partial charge in [0.2, 0.25) is 5.78 Å². The van der Waals surface area contributed by atoms with E-state index in [0.717, 1.165) is 22.8 Å². The minimum Gasteiger partial charge on any atom is -0.427 e. The molecule has 9 heteroatoms. The molecule has 0 aliphatic rings. The third-order valence-corrected chi connectivity index (χ3v) is 3.13. The maximum absolute atomic E-state index is 11.5. The fourth-order valence-corrected chi connectivity index (χ4v) is 1.97. The summed E-state index contributed by atoms with van der Waals surface area (Å²) in [5, 5.41) is 0. The molecule has 0 unspecified atom stereocenters. The molecule has 2 aromatic rings. The van der Waals surface area contributed by atoms with Crippen molar-refractivity contribution in [2.45, 2.75) is 62.3 Å². The summed E-state index contributed by atoms with van der Waals surface area (Å²) < 4.78 is 0. The van der Waals surface area contributed by atoms with Gasteiger partial charge in [-0.25, -0.2) is 0 Å². The van der Waals surface area contributed by atoms with E-state index in [1.54, 1.807) is 20.8 Å². The van der Waals surface area contributed by atoms with E-state index in [9.17, 15) is 9.59 Å². The largest absolute Gasteiger partial charge is 0.427 e. The van der Waals surface area contributed by atoms with E-state index in [1.165, 1.54) is 0 Å². The van der Waals surface area contributed by atoms with Gasteiger partial charge in [-0.05, 0) is 0 Å². The summed E-state index contributed by atoms with van der Waals surface area (Å²) in [7, 11) is 0. The monoisotopic (exact) mass is 718 g/mol. The molecule has 0 bridgehead atoms. The molecule has 0 spiro atoms. The van der Waals surface area contributed by atoms with Gasteiger partial charge in [0.15, 0.2) is 17.4 Å². The molecule has 2 heterocycles. The number of aromatic nitrogens is 4. The smallest absolute Gasteiger partial charge is 0.202 e. The first-order valence-electron chi connectivity index (χ1n) is 8.20. The molecule has 0 saturated carbocycles. The molecule has 0 amide bonds. The second-order valence-electron chi connectivity index (χ2n) is 5.98. The summed E-state index contributed by atoms with van der Waals surface area (Å²) in [6.07, 6.45) is 0.447. The van der Waals surface area contributed by atoms with Crippen LogP contribution in [0.5, 0.6) is 0 Å². The molecule has 2 radical (unpaired) electrons. The van der Waals surface area contributed by atoms with Crippen LogP contribution in [-0.2, 0) is 86.5 Å². The van der Waals surface area contributed by atoms with E-state index < -0.39 is 0 Å². The maximum Gasteiger partial charge on any atom is 0.202 e. The summed E-state index contributed by atoms with van der Waals surface area (Å²) >= 11 is 0. The Labute approximate surface area is 239 Å². The molecule has 0 aliphatic heterocycles. The van der Waals surface area contributed by atoms with Gasteiger partial charge >= 0.3 is 0 Å². The quantitative estimate of drug-likeness (QED) is 0.353. The summed E-state index contributed by atoms with van der Waals surface area (Å²) in [6, 6.07) is 5.84. The fraction of sp³-hybridized carbons (Fsp3) is 0.500. The number of ketones is 2. The van der Waals surface area contributed by atoms with Crippen molar-refractivity contribution < 1.29 is 96.1 Å². The topological polar surface area (TPSA) is 85.7 Å². The molecule has 0 aromatic carbocycles. The molecule has 0 saturated heterocycles. The van der Waals surface area contributed by atoms with Gasteiger partial charge in [0.05, 0.1) is 0 Å². The van der Waals surface area contributed by atoms with Gasteiger partial charge in [0.1, 0.15) is 0 Å². The molecule has 6 nitrogen and oxygen atoms in total. The van der Waals surface area contributed by atoms with Gasteiger partial charge in [0, 0.05) is 98.8 Å². The second-order valence-corrected chi connectivity index (χ2v) is 5.98. The van der Waals surface area contributed by atoms with Gasteiger partial charge in [-0.1, -0.05) is 55.9 Å². The number of aryl methyl sites for hydroxylation is 4. The Morgan fingerprint density at radius 1 is 0.793 bits per heavy atom. The van der Waals surface area contributed by atoms with Crippen LogP contribution in [-0.4, -0.2) is 31.5 Å². The van der Waals surface area contributed by atoms with E-state index in [4.69, 9.17) is 0 Å². The molecular weight excluding hydrogens is 690 g/mol. The molecule has 0 atom stereocenters. The molecule has 0 aliphatic carbocycles. The number of carbonyl (C=O) groups excluding carboxylic acids is 2. The first kappa shape index (κ1) is 36.8. The average Bonchev–Trinajstić information content (AvgIpc) is 2.52. The number of nitrogens with zero attached hydrogens (tertiary/aromatic N) is 4. The van der Waals surface area contributed by atoms with Gasteiger partial charge < -0.3 is 12.1 Å². The number of hydrogen-bond donors (Lipinski definition) is 0. The molecule has 0 fully saturated rings. The summed E-state index contributed by atoms with van der Waals surface area (Å²) in [6.45, 7) is 12.7. The maximum atomic E-state index is 11.5. The Bertz CT molecular complexity index is 747. The number of hydrogen-bond acceptors (Lipinski definition) is 6. The molecule has 154 valence electrons. The molecule has 0 N–H and O–H groups in total. The van der Waals surface area contributed by atoms with E-state index >= 15 is 0 Å². The average molecular weight is 718 g/mol. The Kier molecular flexibility index (Phi) is 22.8. The van der Waals surface area contributed by atoms with Crippen molar-refractivity contribution >= 4 is 11.6 Å². The Morgan fingerprint density at radius 2 is 1.10 bits per heavy atom. The predicted octanol–water partition coefficient (Wildman–Crippen LogP) is 3.85. The Balaban J connectivity index is -0.000000190. The number of Topliss-reactive ketones (excluding diaryl/α,β-unsaturated/α-hetero) is 2. The normalized spacial score (nSPS) is 8.83. The van der Waals surface area contributed by atoms with Crippen LogP contribution in [0.3, 0.4) is 0 Å². The number of rotatable bonds is 4. The van der Waals surface area contributed by atoms with Crippen molar-refractivity contribution in [3.63, 3.8) is 0 Å². The zero-order chi connectivity index (χ0) is 19.1. The van der Waals surface area contributed by atoms with Gasteiger partial charge in [-0.2, -0.15) is 0 Å². The van der Waals surface area contributed by atoms with Crippen LogP contribution in [0.15, 0.2) is 0 Å². The van der Waals surface area contributed by atoms with Gasteiger partial charge in [0.25, 0.3) is 0 Å². The van der Waals surface area contributed by atoms with Crippen molar-refractivity contribution in [3.05, 3.63) is 46.6 Å². The molecule has 2 aromatic heterocycles. The zero-order valence-electron chi connectivity index (χ0n) is 17.5. The Morgan fingerprint density at radius 3 is 1.38 bits per heavy atom. The van der Waals surface area contributed by atoms with E-state index in [0.29, 0.717) is 18.1 Å². The predicted molar refractivity (Wildman–Crippen MR) is 101 cm³/mol. The third kappa shape index (κ3) is 13.4. The van der Waals surface area contributed by atoms with Crippen molar-refractivity contribution in [3.8, 4) is 0 Å². The van der Waals surface area contributed by atoms with Crippen LogP contribution in [0.25, 0.3) is 0 Å². The fourth-order valence-electron chi connectivity index (χ4n) is 1.97. The third-order valence-electron chi connectivity index (χ3n) is 3.13. The first-order chi connectivity index (χ1) is 11.6. The summed E-state index contributed by atoms with van der Waals surface area (Å²) in [4.78, 5) is 38.7. The van der Waals surface area contributed by atoms with Crippen LogP contribution < -0.4 is 0 Å². The van der Waals surface area contributed by atoms with E-state index in [-0.39, 0.29) is 111 Å². The van der Waals surface area contributed by atoms with Crippen molar-refractivity contribution in [1.82, 2.24) is 19.9 Å². The first-order valence-corrected chi connectivity index (χ1v) is 8.20. The molecule has 2 rings (SSSR count). The van der Waals surface area contributed by atoms with Crippen LogP contribution in [0.4, 0.5) is 0 Å². The Hall–Kier alpha value is 0.396. The van der Waals surface area contributed by atoms with Crippen molar-refractivity contribution in [2.24, 2.45) is 5.92 Å². The van der Waals surface area contributed by atoms with Gasteiger partial charge in [-0.15, -0.1) is 22.8 Å². The molecule has 29 heavy (non-hydrogen) atoms. The van der Waals surface area contributed by atoms with Crippen LogP contribution >= 0.6 is 0 Å². The standard InChI is InChI=1S/C10H13N2O.C9H11N2O.CH4.W.2Y/c1-6(2)9(13)10-11-7(3)5-8(4)12-10;1-4-8(12)9-10-6(2)5-7(3)11-9;;;;/h6H,1-4H3;4H2,1-3H3;1H4;;;/q2*-1;;;;. The minimum absolute atomic E-state index is 0. The SMILES string of the molecule is C.CCC(=O)c1nc(C)[c-]c(C)n1.Cc1[c-]c(C)nc(C(=O)C(C)C)n1.[W].[Y].[Y]. The van der Waals surface area contributed by atoms with Crippen LogP contribution in [0.2, 0.25) is 0 Å². The van der Waals surface area contributed by atoms with Crippen LogP contribution in [0.1, 0.15) is 78.6 Å². The van der Waals surface area contributed by atoms with Crippen molar-refractivity contribution in [1.29, 1.82) is 0 Å². The summed E-state index contributed by atoms with van der Waals surface area (Å²) in [5.74, 6) is 0.534. The second kappa shape index (κ2) is 18.0. The van der Waals surface area contributed by atoms with E-state index in [1.807, 2.05) is 27.7 Å². The van der Waals surface area contributed by atoms with E-state index in [2.05, 4.69) is 32.1 Å². The van der Waals surface area contributed by atoms with Crippen molar-refractivity contribution in [2.75, 3.05) is 0 Å². The number of carbonyl (C=O) groups is 2.